The zero-order valence-corrected chi connectivity index (χ0v) is 12.1. The van der Waals surface area contributed by atoms with Crippen LogP contribution in [0.2, 0.25) is 5.15 Å². The molecule has 19 heavy (non-hydrogen) atoms. The van der Waals surface area contributed by atoms with E-state index in [0.717, 1.165) is 17.3 Å². The van der Waals surface area contributed by atoms with Gasteiger partial charge in [0.2, 0.25) is 0 Å². The quantitative estimate of drug-likeness (QED) is 0.873. The fourth-order valence-corrected chi connectivity index (χ4v) is 1.71. The average molecular weight is 277 g/mol. The minimum Gasteiger partial charge on any atom is -0.364 e. The van der Waals surface area contributed by atoms with Gasteiger partial charge < -0.3 is 5.32 Å². The van der Waals surface area contributed by atoms with E-state index in [-0.39, 0.29) is 5.41 Å². The Kier molecular flexibility index (Phi) is 4.00. The van der Waals surface area contributed by atoms with Crippen molar-refractivity contribution in [2.45, 2.75) is 32.7 Å². The second kappa shape index (κ2) is 5.53. The van der Waals surface area contributed by atoms with Crippen molar-refractivity contribution in [1.29, 1.82) is 0 Å². The molecule has 100 valence electrons. The molecule has 1 N–H and O–H groups in total. The molecule has 4 nitrogen and oxygen atoms in total. The van der Waals surface area contributed by atoms with Crippen molar-refractivity contribution in [2.75, 3.05) is 5.32 Å². The van der Waals surface area contributed by atoms with E-state index in [2.05, 4.69) is 41.0 Å². The molecule has 0 unspecified atom stereocenters. The van der Waals surface area contributed by atoms with Gasteiger partial charge in [-0.15, -0.1) is 0 Å². The highest BCUT2D eigenvalue weighted by Crippen LogP contribution is 2.22. The van der Waals surface area contributed by atoms with Crippen LogP contribution in [0.15, 0.2) is 30.5 Å². The van der Waals surface area contributed by atoms with Crippen molar-refractivity contribution in [1.82, 2.24) is 15.0 Å². The molecule has 2 rings (SSSR count). The number of hydrogen-bond donors (Lipinski definition) is 1. The van der Waals surface area contributed by atoms with Crippen molar-refractivity contribution in [3.63, 3.8) is 0 Å². The molecule has 2 heterocycles. The normalized spacial score (nSPS) is 11.4. The lowest BCUT2D eigenvalue weighted by Crippen LogP contribution is -2.17. The molecule has 5 heteroatoms. The van der Waals surface area contributed by atoms with Crippen LogP contribution in [0.4, 0.5) is 5.82 Å². The highest BCUT2D eigenvalue weighted by molar-refractivity contribution is 6.29. The lowest BCUT2D eigenvalue weighted by Gasteiger charge is -2.17. The minimum atomic E-state index is -0.133. The molecule has 0 aliphatic rings. The SMILES string of the molecule is CC(C)(C)c1nc(Cl)cc(NCc2ccccn2)n1. The molecular weight excluding hydrogens is 260 g/mol. The molecular formula is C14H17ClN4. The van der Waals surface area contributed by atoms with Gasteiger partial charge in [0.1, 0.15) is 16.8 Å². The molecule has 2 aromatic heterocycles. The molecule has 0 atom stereocenters. The van der Waals surface area contributed by atoms with Crippen LogP contribution in [0.5, 0.6) is 0 Å². The predicted octanol–water partition coefficient (Wildman–Crippen LogP) is 3.43. The van der Waals surface area contributed by atoms with Crippen LogP contribution < -0.4 is 5.32 Å². The number of hydrogen-bond acceptors (Lipinski definition) is 4. The van der Waals surface area contributed by atoms with Crippen LogP contribution in [-0.4, -0.2) is 15.0 Å². The third kappa shape index (κ3) is 3.89. The second-order valence-corrected chi connectivity index (χ2v) is 5.71. The van der Waals surface area contributed by atoms with Gasteiger partial charge in [-0.05, 0) is 12.1 Å². The van der Waals surface area contributed by atoms with Crippen molar-refractivity contribution in [2.24, 2.45) is 0 Å². The molecule has 0 aromatic carbocycles. The number of nitrogens with one attached hydrogen (secondary N) is 1. The van der Waals surface area contributed by atoms with Crippen molar-refractivity contribution in [3.05, 3.63) is 47.1 Å². The number of nitrogens with zero attached hydrogens (tertiary/aromatic N) is 3. The maximum Gasteiger partial charge on any atom is 0.137 e. The first-order valence-corrected chi connectivity index (χ1v) is 6.52. The first-order valence-electron chi connectivity index (χ1n) is 6.14. The van der Waals surface area contributed by atoms with Gasteiger partial charge in [-0.3, -0.25) is 4.98 Å². The summed E-state index contributed by atoms with van der Waals surface area (Å²) in [5, 5.41) is 3.66. The molecule has 2 aromatic rings. The van der Waals surface area contributed by atoms with E-state index in [9.17, 15) is 0 Å². The van der Waals surface area contributed by atoms with E-state index in [1.165, 1.54) is 0 Å². The van der Waals surface area contributed by atoms with Gasteiger partial charge in [0.15, 0.2) is 0 Å². The number of halogens is 1. The number of anilines is 1. The number of aromatic nitrogens is 3. The Hall–Kier alpha value is -1.68. The third-order valence-corrected chi connectivity index (χ3v) is 2.74. The maximum absolute atomic E-state index is 6.03. The fraction of sp³-hybridized carbons (Fsp3) is 0.357. The smallest absolute Gasteiger partial charge is 0.137 e. The first kappa shape index (κ1) is 13.7. The fourth-order valence-electron chi connectivity index (χ4n) is 1.53. The Morgan fingerprint density at radius 2 is 2.00 bits per heavy atom. The molecule has 0 saturated heterocycles. The largest absolute Gasteiger partial charge is 0.364 e. The third-order valence-electron chi connectivity index (χ3n) is 2.54. The molecule has 0 amide bonds. The summed E-state index contributed by atoms with van der Waals surface area (Å²) in [6, 6.07) is 7.53. The van der Waals surface area contributed by atoms with Gasteiger partial charge in [-0.1, -0.05) is 38.4 Å². The van der Waals surface area contributed by atoms with Gasteiger partial charge in [-0.25, -0.2) is 9.97 Å². The zero-order valence-electron chi connectivity index (χ0n) is 11.3. The summed E-state index contributed by atoms with van der Waals surface area (Å²) in [6.45, 7) is 6.78. The van der Waals surface area contributed by atoms with Crippen molar-refractivity contribution < 1.29 is 0 Å². The van der Waals surface area contributed by atoms with Crippen LogP contribution in [0.25, 0.3) is 0 Å². The molecule has 0 spiro atoms. The van der Waals surface area contributed by atoms with Gasteiger partial charge >= 0.3 is 0 Å². The van der Waals surface area contributed by atoms with E-state index in [4.69, 9.17) is 11.6 Å². The number of pyridine rings is 1. The Balaban J connectivity index is 2.15. The van der Waals surface area contributed by atoms with E-state index < -0.39 is 0 Å². The zero-order chi connectivity index (χ0) is 13.9. The van der Waals surface area contributed by atoms with Crippen LogP contribution in [0.1, 0.15) is 32.3 Å². The summed E-state index contributed by atoms with van der Waals surface area (Å²) >= 11 is 6.03. The molecule has 0 fully saturated rings. The highest BCUT2D eigenvalue weighted by atomic mass is 35.5. The summed E-state index contributed by atoms with van der Waals surface area (Å²) in [4.78, 5) is 13.0. The summed E-state index contributed by atoms with van der Waals surface area (Å²) in [5.74, 6) is 1.44. The molecule has 0 aliphatic heterocycles. The Morgan fingerprint density at radius 1 is 1.21 bits per heavy atom. The molecule has 0 aliphatic carbocycles. The van der Waals surface area contributed by atoms with Gasteiger partial charge in [0.25, 0.3) is 0 Å². The standard InChI is InChI=1S/C14H17ClN4/c1-14(2,3)13-18-11(15)8-12(19-13)17-9-10-6-4-5-7-16-10/h4-8H,9H2,1-3H3,(H,17,18,19). The van der Waals surface area contributed by atoms with E-state index >= 15 is 0 Å². The lowest BCUT2D eigenvalue weighted by molar-refractivity contribution is 0.546. The Morgan fingerprint density at radius 3 is 2.63 bits per heavy atom. The van der Waals surface area contributed by atoms with Crippen molar-refractivity contribution in [3.8, 4) is 0 Å². The first-order chi connectivity index (χ1) is 8.95. The minimum absolute atomic E-state index is 0.133. The van der Waals surface area contributed by atoms with Gasteiger partial charge in [-0.2, -0.15) is 0 Å². The summed E-state index contributed by atoms with van der Waals surface area (Å²) in [5.41, 5.74) is 0.821. The molecule has 0 saturated carbocycles. The average Bonchev–Trinajstić information content (AvgIpc) is 2.36. The Labute approximate surface area is 118 Å². The topological polar surface area (TPSA) is 50.7 Å². The predicted molar refractivity (Wildman–Crippen MR) is 77.3 cm³/mol. The summed E-state index contributed by atoms with van der Waals surface area (Å²) in [6.07, 6.45) is 1.77. The summed E-state index contributed by atoms with van der Waals surface area (Å²) < 4.78 is 0. The monoisotopic (exact) mass is 276 g/mol. The molecule has 0 radical (unpaired) electrons. The summed E-state index contributed by atoms with van der Waals surface area (Å²) in [7, 11) is 0. The van der Waals surface area contributed by atoms with Crippen LogP contribution >= 0.6 is 11.6 Å². The van der Waals surface area contributed by atoms with E-state index in [1.54, 1.807) is 12.3 Å². The van der Waals surface area contributed by atoms with Crippen LogP contribution in [0.3, 0.4) is 0 Å². The lowest BCUT2D eigenvalue weighted by atomic mass is 9.96. The van der Waals surface area contributed by atoms with Gasteiger partial charge in [0.05, 0.1) is 12.2 Å². The Bertz CT molecular complexity index is 549. The van der Waals surface area contributed by atoms with Crippen molar-refractivity contribution >= 4 is 17.4 Å². The van der Waals surface area contributed by atoms with E-state index in [0.29, 0.717) is 11.7 Å². The van der Waals surface area contributed by atoms with Crippen LogP contribution in [-0.2, 0) is 12.0 Å². The highest BCUT2D eigenvalue weighted by Gasteiger charge is 2.18. The maximum atomic E-state index is 6.03. The van der Waals surface area contributed by atoms with Gasteiger partial charge in [0, 0.05) is 17.7 Å². The van der Waals surface area contributed by atoms with Crippen LogP contribution in [0, 0.1) is 0 Å². The van der Waals surface area contributed by atoms with E-state index in [1.807, 2.05) is 18.2 Å². The number of rotatable bonds is 3. The second-order valence-electron chi connectivity index (χ2n) is 5.32. The molecule has 0 bridgehead atoms.